The van der Waals surface area contributed by atoms with Crippen LogP contribution >= 0.6 is 0 Å². The SMILES string of the molecule is Cc1nnn(-c2ccc(C(F)F)cc2)c1COc1ccc(N2CCN(C(=O)OC(C)(C)C)[C@@](C(N)=O)(C(C)(C)C)C2)nn1. The number of alkyl halides is 2. The monoisotopic (exact) mass is 600 g/mol. The molecule has 0 spiro atoms. The number of aromatic nitrogens is 5. The van der Waals surface area contributed by atoms with Gasteiger partial charge in [-0.1, -0.05) is 38.1 Å². The van der Waals surface area contributed by atoms with Crippen molar-refractivity contribution in [3.8, 4) is 11.6 Å². The van der Waals surface area contributed by atoms with Crippen LogP contribution in [0.4, 0.5) is 19.4 Å². The highest BCUT2D eigenvalue weighted by Gasteiger charge is 2.57. The van der Waals surface area contributed by atoms with E-state index in [1.54, 1.807) is 52.0 Å². The Labute approximate surface area is 249 Å². The molecule has 0 bridgehead atoms. The largest absolute Gasteiger partial charge is 0.470 e. The number of piperazine rings is 1. The topological polar surface area (TPSA) is 142 Å². The van der Waals surface area contributed by atoms with Gasteiger partial charge in [0.1, 0.15) is 23.4 Å². The molecule has 1 saturated heterocycles. The molecule has 3 aromatic rings. The molecule has 1 aromatic carbocycles. The predicted octanol–water partition coefficient (Wildman–Crippen LogP) is 4.21. The van der Waals surface area contributed by atoms with E-state index in [1.807, 2.05) is 25.7 Å². The predicted molar refractivity (Wildman–Crippen MR) is 154 cm³/mol. The van der Waals surface area contributed by atoms with Crippen LogP contribution in [0.2, 0.25) is 0 Å². The summed E-state index contributed by atoms with van der Waals surface area (Å²) in [4.78, 5) is 29.6. The third-order valence-corrected chi connectivity index (χ3v) is 7.39. The molecule has 0 saturated carbocycles. The van der Waals surface area contributed by atoms with Crippen molar-refractivity contribution in [1.29, 1.82) is 0 Å². The number of hydrogen-bond acceptors (Lipinski definition) is 9. The molecule has 43 heavy (non-hydrogen) atoms. The van der Waals surface area contributed by atoms with Crippen LogP contribution in [-0.4, -0.2) is 72.9 Å². The Morgan fingerprint density at radius 1 is 1.00 bits per heavy atom. The van der Waals surface area contributed by atoms with Gasteiger partial charge in [0, 0.05) is 24.7 Å². The van der Waals surface area contributed by atoms with Crippen LogP contribution in [0.5, 0.6) is 5.88 Å². The van der Waals surface area contributed by atoms with Crippen LogP contribution in [0.25, 0.3) is 5.69 Å². The van der Waals surface area contributed by atoms with Crippen LogP contribution in [0.3, 0.4) is 0 Å². The van der Waals surface area contributed by atoms with Crippen molar-refractivity contribution in [3.05, 3.63) is 53.3 Å². The summed E-state index contributed by atoms with van der Waals surface area (Å²) in [5.41, 5.74) is 4.83. The fraction of sp³-hybridized carbons (Fsp3) is 0.517. The third-order valence-electron chi connectivity index (χ3n) is 7.39. The molecule has 4 rings (SSSR count). The zero-order valence-electron chi connectivity index (χ0n) is 25.5. The second kappa shape index (κ2) is 11.7. The summed E-state index contributed by atoms with van der Waals surface area (Å²) in [6.07, 6.45) is -3.17. The maximum atomic E-state index is 13.2. The van der Waals surface area contributed by atoms with E-state index in [2.05, 4.69) is 20.5 Å². The van der Waals surface area contributed by atoms with E-state index in [9.17, 15) is 18.4 Å². The Morgan fingerprint density at radius 2 is 1.67 bits per heavy atom. The lowest BCUT2D eigenvalue weighted by Crippen LogP contribution is -2.74. The standard InChI is InChI=1S/C29H38F2N8O4/c1-18-21(39(36-33-18)20-10-8-19(9-11-20)24(30)31)16-42-23-13-12-22(34-35-23)37-14-15-38(26(41)43-28(5,6)7)29(17-37,25(32)40)27(2,3)4/h8-13,24H,14-17H2,1-7H3,(H2,32,40)/t29-/m0/s1. The van der Waals surface area contributed by atoms with Crippen molar-refractivity contribution < 1.29 is 27.8 Å². The van der Waals surface area contributed by atoms with Crippen LogP contribution in [0, 0.1) is 12.3 Å². The number of carbonyl (C=O) groups excluding carboxylic acids is 2. The molecule has 2 aromatic heterocycles. The van der Waals surface area contributed by atoms with E-state index in [4.69, 9.17) is 15.2 Å². The summed E-state index contributed by atoms with van der Waals surface area (Å²) in [6, 6.07) is 9.12. The minimum absolute atomic E-state index is 0.0484. The van der Waals surface area contributed by atoms with Crippen molar-refractivity contribution in [2.24, 2.45) is 11.1 Å². The molecule has 2 amide bonds. The molecule has 0 unspecified atom stereocenters. The first-order valence-electron chi connectivity index (χ1n) is 13.8. The average molecular weight is 601 g/mol. The van der Waals surface area contributed by atoms with Gasteiger partial charge in [-0.05, 0) is 51.3 Å². The number of halogens is 2. The van der Waals surface area contributed by atoms with E-state index in [-0.39, 0.29) is 31.1 Å². The summed E-state index contributed by atoms with van der Waals surface area (Å²) in [7, 11) is 0. The van der Waals surface area contributed by atoms with E-state index < -0.39 is 35.0 Å². The molecule has 1 atom stereocenters. The molecule has 14 heteroatoms. The molecular weight excluding hydrogens is 562 g/mol. The molecular formula is C29H38F2N8O4. The Morgan fingerprint density at radius 3 is 2.21 bits per heavy atom. The molecule has 1 aliphatic rings. The number of hydrogen-bond donors (Lipinski definition) is 1. The van der Waals surface area contributed by atoms with Crippen LogP contribution in [0.1, 0.15) is 64.9 Å². The zero-order chi connectivity index (χ0) is 31.7. The van der Waals surface area contributed by atoms with Crippen molar-refractivity contribution in [3.63, 3.8) is 0 Å². The van der Waals surface area contributed by atoms with Crippen molar-refractivity contribution in [2.45, 2.75) is 72.6 Å². The van der Waals surface area contributed by atoms with Crippen LogP contribution in [0.15, 0.2) is 36.4 Å². The van der Waals surface area contributed by atoms with Gasteiger partial charge in [0.25, 0.3) is 6.43 Å². The van der Waals surface area contributed by atoms with Gasteiger partial charge in [-0.3, -0.25) is 9.69 Å². The lowest BCUT2D eigenvalue weighted by Gasteiger charge is -2.54. The molecule has 232 valence electrons. The lowest BCUT2D eigenvalue weighted by atomic mass is 9.70. The highest BCUT2D eigenvalue weighted by atomic mass is 19.3. The first-order valence-corrected chi connectivity index (χ1v) is 13.8. The summed E-state index contributed by atoms with van der Waals surface area (Å²) in [5, 5.41) is 16.7. The van der Waals surface area contributed by atoms with Gasteiger partial charge in [0.2, 0.25) is 11.8 Å². The van der Waals surface area contributed by atoms with Gasteiger partial charge in [-0.25, -0.2) is 18.3 Å². The van der Waals surface area contributed by atoms with Gasteiger partial charge >= 0.3 is 6.09 Å². The number of ether oxygens (including phenoxy) is 2. The van der Waals surface area contributed by atoms with Crippen molar-refractivity contribution >= 4 is 17.8 Å². The Balaban J connectivity index is 1.51. The first kappa shape index (κ1) is 31.6. The molecule has 2 N–H and O–H groups in total. The van der Waals surface area contributed by atoms with E-state index >= 15 is 0 Å². The Hall–Kier alpha value is -4.36. The van der Waals surface area contributed by atoms with E-state index in [1.165, 1.54) is 21.7 Å². The highest BCUT2D eigenvalue weighted by molar-refractivity contribution is 5.91. The minimum atomic E-state index is -2.56. The summed E-state index contributed by atoms with van der Waals surface area (Å²) < 4.78 is 38.9. The minimum Gasteiger partial charge on any atom is -0.470 e. The maximum Gasteiger partial charge on any atom is 0.411 e. The number of nitrogens with two attached hydrogens (primary N) is 1. The van der Waals surface area contributed by atoms with Gasteiger partial charge in [0.15, 0.2) is 5.82 Å². The van der Waals surface area contributed by atoms with Gasteiger partial charge < -0.3 is 20.1 Å². The fourth-order valence-corrected chi connectivity index (χ4v) is 5.05. The molecule has 0 aliphatic carbocycles. The molecule has 3 heterocycles. The summed E-state index contributed by atoms with van der Waals surface area (Å²) >= 11 is 0. The van der Waals surface area contributed by atoms with Crippen LogP contribution in [-0.2, 0) is 16.1 Å². The lowest BCUT2D eigenvalue weighted by molar-refractivity contribution is -0.138. The number of anilines is 1. The number of amides is 2. The molecule has 1 fully saturated rings. The number of carbonyl (C=O) groups is 2. The Bertz CT molecular complexity index is 1450. The van der Waals surface area contributed by atoms with E-state index in [0.29, 0.717) is 29.4 Å². The summed E-state index contributed by atoms with van der Waals surface area (Å²) in [5.74, 6) is 0.0642. The number of nitrogens with zero attached hydrogens (tertiary/aromatic N) is 7. The van der Waals surface area contributed by atoms with Gasteiger partial charge in [-0.15, -0.1) is 15.3 Å². The second-order valence-electron chi connectivity index (χ2n) is 12.5. The molecule has 0 radical (unpaired) electrons. The average Bonchev–Trinajstić information content (AvgIpc) is 3.30. The first-order chi connectivity index (χ1) is 20.0. The highest BCUT2D eigenvalue weighted by Crippen LogP contribution is 2.40. The zero-order valence-corrected chi connectivity index (χ0v) is 25.5. The number of rotatable bonds is 7. The summed E-state index contributed by atoms with van der Waals surface area (Å²) in [6.45, 7) is 13.3. The number of aryl methyl sites for hydroxylation is 1. The van der Waals surface area contributed by atoms with Crippen molar-refractivity contribution in [1.82, 2.24) is 30.1 Å². The normalized spacial score (nSPS) is 17.7. The quantitative estimate of drug-likeness (QED) is 0.422. The number of benzene rings is 1. The Kier molecular flexibility index (Phi) is 8.61. The van der Waals surface area contributed by atoms with Gasteiger partial charge in [0.05, 0.1) is 17.9 Å². The van der Waals surface area contributed by atoms with Crippen molar-refractivity contribution in [2.75, 3.05) is 24.5 Å². The van der Waals surface area contributed by atoms with E-state index in [0.717, 1.165) is 0 Å². The fourth-order valence-electron chi connectivity index (χ4n) is 5.05. The number of primary amides is 1. The maximum absolute atomic E-state index is 13.2. The molecule has 1 aliphatic heterocycles. The smallest absolute Gasteiger partial charge is 0.411 e. The second-order valence-corrected chi connectivity index (χ2v) is 12.5. The third kappa shape index (κ3) is 6.52. The molecule has 12 nitrogen and oxygen atoms in total. The van der Waals surface area contributed by atoms with Crippen LogP contribution < -0.4 is 15.4 Å². The van der Waals surface area contributed by atoms with Gasteiger partial charge in [-0.2, -0.15) is 0 Å².